The van der Waals surface area contributed by atoms with E-state index in [1.54, 1.807) is 14.2 Å². The van der Waals surface area contributed by atoms with Crippen molar-refractivity contribution in [3.05, 3.63) is 47.0 Å². The summed E-state index contributed by atoms with van der Waals surface area (Å²) in [5, 5.41) is 0. The van der Waals surface area contributed by atoms with E-state index >= 15 is 0 Å². The van der Waals surface area contributed by atoms with E-state index in [9.17, 15) is 9.59 Å². The van der Waals surface area contributed by atoms with Gasteiger partial charge in [-0.15, -0.1) is 0 Å². The van der Waals surface area contributed by atoms with Crippen molar-refractivity contribution < 1.29 is 19.1 Å². The van der Waals surface area contributed by atoms with Gasteiger partial charge in [0.15, 0.2) is 0 Å². The van der Waals surface area contributed by atoms with E-state index < -0.39 is 0 Å². The van der Waals surface area contributed by atoms with E-state index in [-0.39, 0.29) is 11.8 Å². The van der Waals surface area contributed by atoms with Crippen LogP contribution in [0.2, 0.25) is 0 Å². The number of methoxy groups -OCH3 is 2. The molecule has 1 aliphatic rings. The van der Waals surface area contributed by atoms with Crippen molar-refractivity contribution in [1.29, 1.82) is 0 Å². The van der Waals surface area contributed by atoms with Crippen LogP contribution in [0.4, 0.5) is 0 Å². The Morgan fingerprint density at radius 2 is 1.33 bits per heavy atom. The Balaban J connectivity index is 2.07. The van der Waals surface area contributed by atoms with Crippen LogP contribution < -0.4 is 0 Å². The molecule has 0 bridgehead atoms. The fraction of sp³-hybridized carbons (Fsp3) is 0.375. The van der Waals surface area contributed by atoms with Crippen LogP contribution in [0, 0.1) is 0 Å². The molecule has 0 spiro atoms. The van der Waals surface area contributed by atoms with Crippen molar-refractivity contribution in [2.75, 3.05) is 20.8 Å². The van der Waals surface area contributed by atoms with E-state index in [1.807, 2.05) is 18.2 Å². The van der Waals surface area contributed by atoms with Gasteiger partial charge in [0.25, 0.3) is 11.8 Å². The van der Waals surface area contributed by atoms with E-state index in [1.165, 1.54) is 17.1 Å². The second-order valence-electron chi connectivity index (χ2n) is 4.94. The zero-order valence-corrected chi connectivity index (χ0v) is 12.3. The maximum absolute atomic E-state index is 11.5. The number of hydrogen-bond acceptors (Lipinski definition) is 4. The van der Waals surface area contributed by atoms with Gasteiger partial charge in [-0.2, -0.15) is 0 Å². The molecule has 0 saturated heterocycles. The lowest BCUT2D eigenvalue weighted by Gasteiger charge is -2.15. The monoisotopic (exact) mass is 289 g/mol. The van der Waals surface area contributed by atoms with Crippen LogP contribution >= 0.6 is 0 Å². The van der Waals surface area contributed by atoms with Crippen molar-refractivity contribution in [2.45, 2.75) is 19.6 Å². The number of amides is 2. The second kappa shape index (κ2) is 7.15. The van der Waals surface area contributed by atoms with Crippen LogP contribution in [-0.4, -0.2) is 37.5 Å². The lowest BCUT2D eigenvalue weighted by Crippen LogP contribution is -2.31. The van der Waals surface area contributed by atoms with Crippen LogP contribution in [0.25, 0.3) is 0 Å². The summed E-state index contributed by atoms with van der Waals surface area (Å²) in [6, 6.07) is 6.09. The minimum Gasteiger partial charge on any atom is -0.380 e. The molecule has 5 heteroatoms. The van der Waals surface area contributed by atoms with Gasteiger partial charge < -0.3 is 9.47 Å². The van der Waals surface area contributed by atoms with Crippen LogP contribution in [-0.2, 0) is 38.7 Å². The number of ether oxygens (including phenoxy) is 2. The maximum atomic E-state index is 11.5. The Morgan fingerprint density at radius 3 is 1.81 bits per heavy atom. The smallest absolute Gasteiger partial charge is 0.253 e. The number of nitrogens with zero attached hydrogens (tertiary/aromatic N) is 1. The van der Waals surface area contributed by atoms with Gasteiger partial charge in [-0.3, -0.25) is 14.5 Å². The molecule has 2 amide bonds. The highest BCUT2D eigenvalue weighted by Gasteiger charge is 2.22. The lowest BCUT2D eigenvalue weighted by molar-refractivity contribution is -0.136. The summed E-state index contributed by atoms with van der Waals surface area (Å²) in [4.78, 5) is 24.3. The fourth-order valence-corrected chi connectivity index (χ4v) is 2.38. The number of hydrogen-bond donors (Lipinski definition) is 0. The van der Waals surface area contributed by atoms with E-state index in [4.69, 9.17) is 9.47 Å². The molecule has 2 rings (SSSR count). The van der Waals surface area contributed by atoms with Gasteiger partial charge in [-0.05, 0) is 23.1 Å². The molecule has 0 fully saturated rings. The normalized spacial score (nSPS) is 14.3. The summed E-state index contributed by atoms with van der Waals surface area (Å²) < 4.78 is 10.3. The minimum absolute atomic E-state index is 0.245. The second-order valence-corrected chi connectivity index (χ2v) is 4.94. The Labute approximate surface area is 124 Å². The van der Waals surface area contributed by atoms with Crippen molar-refractivity contribution in [1.82, 2.24) is 4.90 Å². The first-order valence-electron chi connectivity index (χ1n) is 6.77. The third-order valence-corrected chi connectivity index (χ3v) is 3.26. The molecular formula is C16H19NO4. The molecule has 1 aliphatic heterocycles. The number of carbonyl (C=O) groups is 2. The molecule has 0 atom stereocenters. The molecule has 1 aromatic rings. The summed E-state index contributed by atoms with van der Waals surface area (Å²) >= 11 is 0. The number of imide groups is 1. The van der Waals surface area contributed by atoms with Gasteiger partial charge in [0, 0.05) is 32.9 Å². The third kappa shape index (κ3) is 4.00. The van der Waals surface area contributed by atoms with Crippen LogP contribution in [0.15, 0.2) is 30.4 Å². The maximum Gasteiger partial charge on any atom is 0.253 e. The van der Waals surface area contributed by atoms with Crippen LogP contribution in [0.3, 0.4) is 0 Å². The van der Waals surface area contributed by atoms with Gasteiger partial charge in [0.05, 0.1) is 13.2 Å². The molecule has 0 aromatic heterocycles. The van der Waals surface area contributed by atoms with Crippen LogP contribution in [0.1, 0.15) is 16.7 Å². The zero-order chi connectivity index (χ0) is 15.2. The Hall–Kier alpha value is -1.98. The molecule has 1 aromatic carbocycles. The van der Waals surface area contributed by atoms with Crippen molar-refractivity contribution in [3.63, 3.8) is 0 Å². The zero-order valence-electron chi connectivity index (χ0n) is 12.3. The number of benzene rings is 1. The Bertz CT molecular complexity index is 523. The SMILES string of the molecule is COCc1cc(CCN2C(=O)C=CC2=O)cc(COC)c1. The molecule has 0 unspecified atom stereocenters. The van der Waals surface area contributed by atoms with Gasteiger partial charge >= 0.3 is 0 Å². The summed E-state index contributed by atoms with van der Waals surface area (Å²) in [5.41, 5.74) is 3.17. The minimum atomic E-state index is -0.245. The molecule has 21 heavy (non-hydrogen) atoms. The third-order valence-electron chi connectivity index (χ3n) is 3.26. The van der Waals surface area contributed by atoms with E-state index in [0.29, 0.717) is 26.2 Å². The first-order chi connectivity index (χ1) is 10.1. The molecule has 1 heterocycles. The summed E-state index contributed by atoms with van der Waals surface area (Å²) in [5.74, 6) is -0.490. The summed E-state index contributed by atoms with van der Waals surface area (Å²) in [7, 11) is 3.30. The Kier molecular flexibility index (Phi) is 5.25. The highest BCUT2D eigenvalue weighted by Crippen LogP contribution is 2.14. The molecule has 0 aliphatic carbocycles. The van der Waals surface area contributed by atoms with Gasteiger partial charge in [-0.25, -0.2) is 0 Å². The Morgan fingerprint density at radius 1 is 0.857 bits per heavy atom. The van der Waals surface area contributed by atoms with Gasteiger partial charge in [0.1, 0.15) is 0 Å². The average molecular weight is 289 g/mol. The summed E-state index contributed by atoms with van der Waals surface area (Å²) in [6.07, 6.45) is 3.23. The quantitative estimate of drug-likeness (QED) is 0.713. The standard InChI is InChI=1S/C16H19NO4/c1-20-10-13-7-12(8-14(9-13)11-21-2)5-6-17-15(18)3-4-16(17)19/h3-4,7-9H,5-6,10-11H2,1-2H3. The first kappa shape index (κ1) is 15.4. The lowest BCUT2D eigenvalue weighted by atomic mass is 10.0. The summed E-state index contributed by atoms with van der Waals surface area (Å²) in [6.45, 7) is 1.43. The largest absolute Gasteiger partial charge is 0.380 e. The fourth-order valence-electron chi connectivity index (χ4n) is 2.38. The van der Waals surface area contributed by atoms with Crippen molar-refractivity contribution >= 4 is 11.8 Å². The van der Waals surface area contributed by atoms with Gasteiger partial charge in [-0.1, -0.05) is 18.2 Å². The van der Waals surface area contributed by atoms with E-state index in [0.717, 1.165) is 16.7 Å². The van der Waals surface area contributed by atoms with Crippen LogP contribution in [0.5, 0.6) is 0 Å². The van der Waals surface area contributed by atoms with Gasteiger partial charge in [0.2, 0.25) is 0 Å². The molecule has 0 radical (unpaired) electrons. The molecule has 0 N–H and O–H groups in total. The molecular weight excluding hydrogens is 270 g/mol. The molecule has 112 valence electrons. The predicted octanol–water partition coefficient (Wildman–Crippen LogP) is 1.45. The predicted molar refractivity (Wildman–Crippen MR) is 77.4 cm³/mol. The average Bonchev–Trinajstić information content (AvgIpc) is 2.76. The highest BCUT2D eigenvalue weighted by atomic mass is 16.5. The topological polar surface area (TPSA) is 55.8 Å². The molecule has 0 saturated carbocycles. The highest BCUT2D eigenvalue weighted by molar-refractivity contribution is 6.12. The number of rotatable bonds is 7. The van der Waals surface area contributed by atoms with Crippen molar-refractivity contribution in [3.8, 4) is 0 Å². The number of carbonyl (C=O) groups excluding carboxylic acids is 2. The molecule has 5 nitrogen and oxygen atoms in total. The van der Waals surface area contributed by atoms with Crippen molar-refractivity contribution in [2.24, 2.45) is 0 Å². The first-order valence-corrected chi connectivity index (χ1v) is 6.77. The van der Waals surface area contributed by atoms with E-state index in [2.05, 4.69) is 0 Å².